The summed E-state index contributed by atoms with van der Waals surface area (Å²) in [6, 6.07) is -1.99. The molecule has 0 aromatic heterocycles. The second-order valence-electron chi connectivity index (χ2n) is 0.942. The van der Waals surface area contributed by atoms with Gasteiger partial charge in [-0.3, -0.25) is 4.79 Å². The van der Waals surface area contributed by atoms with Gasteiger partial charge in [0.25, 0.3) is 0 Å². The molecule has 0 saturated heterocycles. The van der Waals surface area contributed by atoms with Crippen LogP contribution in [0.3, 0.4) is 0 Å². The first kappa shape index (κ1) is 6.27. The van der Waals surface area contributed by atoms with Crippen LogP contribution in [0.2, 0.25) is 0 Å². The molecule has 0 heterocycles. The average Bonchev–Trinajstić information content (AvgIpc) is 1.65. The van der Waals surface area contributed by atoms with E-state index in [4.69, 9.17) is 0 Å². The third-order valence-corrected chi connectivity index (χ3v) is 0.424. The van der Waals surface area contributed by atoms with Crippen LogP contribution in [0.15, 0.2) is 12.7 Å². The fourth-order valence-electron chi connectivity index (χ4n) is 0.0927. The first-order valence-electron chi connectivity index (χ1n) is 1.64. The van der Waals surface area contributed by atoms with Crippen LogP contribution >= 0.6 is 0 Å². The van der Waals surface area contributed by atoms with E-state index in [-0.39, 0.29) is 0 Å². The first-order valence-corrected chi connectivity index (χ1v) is 1.64. The maximum atomic E-state index is 11.4. The average molecular weight is 106 g/mol. The van der Waals surface area contributed by atoms with Gasteiger partial charge >= 0.3 is 6.04 Å². The van der Waals surface area contributed by atoms with Gasteiger partial charge in [-0.15, -0.1) is 0 Å². The normalized spacial score (nSPS) is 12.9. The highest BCUT2D eigenvalue weighted by Crippen LogP contribution is 1.92. The Kier molecular flexibility index (Phi) is 2.19. The molecule has 1 nitrogen and oxygen atoms in total. The molecular formula is C4H4F2O. The Morgan fingerprint density at radius 2 is 2.29 bits per heavy atom. The highest BCUT2D eigenvalue weighted by atomic mass is 19.2. The molecule has 40 valence electrons. The molecule has 0 amide bonds. The van der Waals surface area contributed by atoms with Crippen molar-refractivity contribution < 1.29 is 13.6 Å². The van der Waals surface area contributed by atoms with E-state index >= 15 is 0 Å². The molecule has 1 atom stereocenters. The van der Waals surface area contributed by atoms with E-state index in [0.29, 0.717) is 6.08 Å². The zero-order valence-corrected chi connectivity index (χ0v) is 3.53. The summed E-state index contributed by atoms with van der Waals surface area (Å²) < 4.78 is 22.4. The lowest BCUT2D eigenvalue weighted by molar-refractivity contribution is -0.132. The second-order valence-corrected chi connectivity index (χ2v) is 0.942. The van der Waals surface area contributed by atoms with Crippen molar-refractivity contribution in [3.05, 3.63) is 12.7 Å². The Hall–Kier alpha value is -0.730. The second kappa shape index (κ2) is 2.44. The molecule has 1 unspecified atom stereocenters. The first-order chi connectivity index (χ1) is 3.18. The van der Waals surface area contributed by atoms with Crippen molar-refractivity contribution in [2.24, 2.45) is 0 Å². The number of carbonyl (C=O) groups excluding carboxylic acids is 1. The van der Waals surface area contributed by atoms with Crippen LogP contribution in [0.25, 0.3) is 0 Å². The Labute approximate surface area is 39.6 Å². The zero-order chi connectivity index (χ0) is 5.86. The van der Waals surface area contributed by atoms with Crippen LogP contribution in [0.1, 0.15) is 0 Å². The molecule has 0 aliphatic heterocycles. The van der Waals surface area contributed by atoms with Crippen molar-refractivity contribution in [2.75, 3.05) is 0 Å². The predicted octanol–water partition coefficient (Wildman–Crippen LogP) is 1.01. The van der Waals surface area contributed by atoms with Gasteiger partial charge in [0.05, 0.1) is 0 Å². The van der Waals surface area contributed by atoms with Crippen molar-refractivity contribution in [3.63, 3.8) is 0 Å². The summed E-state index contributed by atoms with van der Waals surface area (Å²) in [5.41, 5.74) is 0. The fraction of sp³-hybridized carbons (Fsp3) is 0.250. The van der Waals surface area contributed by atoms with E-state index in [9.17, 15) is 13.6 Å². The maximum absolute atomic E-state index is 11.4. The van der Waals surface area contributed by atoms with Crippen molar-refractivity contribution in [1.29, 1.82) is 0 Å². The van der Waals surface area contributed by atoms with Gasteiger partial charge in [0.2, 0.25) is 6.17 Å². The van der Waals surface area contributed by atoms with E-state index in [2.05, 4.69) is 6.58 Å². The summed E-state index contributed by atoms with van der Waals surface area (Å²) in [6.45, 7) is 2.85. The molecule has 3 heteroatoms. The van der Waals surface area contributed by atoms with Crippen LogP contribution in [0, 0.1) is 0 Å². The minimum Gasteiger partial charge on any atom is -0.257 e. The minimum atomic E-state index is -2.14. The van der Waals surface area contributed by atoms with Gasteiger partial charge in [0.15, 0.2) is 0 Å². The molecule has 0 aliphatic rings. The third kappa shape index (κ3) is 2.03. The summed E-state index contributed by atoms with van der Waals surface area (Å²) in [7, 11) is 0. The van der Waals surface area contributed by atoms with Crippen molar-refractivity contribution in [1.82, 2.24) is 0 Å². The number of hydrogen-bond donors (Lipinski definition) is 0. The molecule has 0 radical (unpaired) electrons. The molecule has 0 spiro atoms. The summed E-state index contributed by atoms with van der Waals surface area (Å²) in [4.78, 5) is 9.26. The monoisotopic (exact) mass is 106 g/mol. The number of allylic oxidation sites excluding steroid dienone is 1. The van der Waals surface area contributed by atoms with E-state index in [1.54, 1.807) is 0 Å². The minimum absolute atomic E-state index is 0.600. The quantitative estimate of drug-likeness (QED) is 0.379. The molecular weight excluding hydrogens is 102 g/mol. The number of carbonyl (C=O) groups is 1. The van der Waals surface area contributed by atoms with Gasteiger partial charge in [-0.25, -0.2) is 4.39 Å². The van der Waals surface area contributed by atoms with Crippen molar-refractivity contribution >= 4 is 6.04 Å². The summed E-state index contributed by atoms with van der Waals surface area (Å²) in [6.07, 6.45) is -1.54. The van der Waals surface area contributed by atoms with Crippen molar-refractivity contribution in [3.8, 4) is 0 Å². The van der Waals surface area contributed by atoms with Gasteiger partial charge in [-0.05, 0) is 6.08 Å². The lowest BCUT2D eigenvalue weighted by Crippen LogP contribution is -2.04. The summed E-state index contributed by atoms with van der Waals surface area (Å²) >= 11 is 0. The summed E-state index contributed by atoms with van der Waals surface area (Å²) in [5.74, 6) is 0. The number of hydrogen-bond acceptors (Lipinski definition) is 1. The van der Waals surface area contributed by atoms with E-state index in [0.717, 1.165) is 0 Å². The number of rotatable bonds is 2. The Morgan fingerprint density at radius 3 is 2.29 bits per heavy atom. The lowest BCUT2D eigenvalue weighted by atomic mass is 10.4. The van der Waals surface area contributed by atoms with E-state index in [1.807, 2.05) is 0 Å². The summed E-state index contributed by atoms with van der Waals surface area (Å²) in [5, 5.41) is 0. The van der Waals surface area contributed by atoms with Gasteiger partial charge < -0.3 is 0 Å². The van der Waals surface area contributed by atoms with Crippen LogP contribution < -0.4 is 0 Å². The topological polar surface area (TPSA) is 17.1 Å². The van der Waals surface area contributed by atoms with Gasteiger partial charge in [-0.2, -0.15) is 4.39 Å². The highest BCUT2D eigenvalue weighted by molar-refractivity contribution is 5.75. The predicted molar refractivity (Wildman–Crippen MR) is 21.2 cm³/mol. The number of alkyl halides is 1. The molecule has 0 aliphatic carbocycles. The van der Waals surface area contributed by atoms with Crippen LogP contribution in [-0.2, 0) is 4.79 Å². The Morgan fingerprint density at radius 1 is 1.86 bits per heavy atom. The molecule has 0 aromatic carbocycles. The smallest absolute Gasteiger partial charge is 0.257 e. The standard InChI is InChI=1S/C4H4F2O/c1-2-3(5)4(6)7/h2-3H,1H2. The highest BCUT2D eigenvalue weighted by Gasteiger charge is 2.09. The van der Waals surface area contributed by atoms with E-state index in [1.165, 1.54) is 0 Å². The SMILES string of the molecule is C=CC(F)C(=O)F. The van der Waals surface area contributed by atoms with Crippen LogP contribution in [0.5, 0.6) is 0 Å². The lowest BCUT2D eigenvalue weighted by Gasteiger charge is -1.85. The van der Waals surface area contributed by atoms with Gasteiger partial charge in [0, 0.05) is 0 Å². The van der Waals surface area contributed by atoms with Gasteiger partial charge in [0.1, 0.15) is 0 Å². The molecule has 0 bridgehead atoms. The Bertz CT molecular complexity index is 89.7. The molecule has 0 aromatic rings. The number of halogens is 2. The van der Waals surface area contributed by atoms with Crippen molar-refractivity contribution in [2.45, 2.75) is 6.17 Å². The largest absolute Gasteiger partial charge is 0.339 e. The van der Waals surface area contributed by atoms with Crippen LogP contribution in [-0.4, -0.2) is 12.2 Å². The molecule has 0 rings (SSSR count). The van der Waals surface area contributed by atoms with Crippen LogP contribution in [0.4, 0.5) is 8.78 Å². The molecule has 0 fully saturated rings. The molecule has 7 heavy (non-hydrogen) atoms. The third-order valence-electron chi connectivity index (χ3n) is 0.424. The van der Waals surface area contributed by atoms with E-state index < -0.39 is 12.2 Å². The zero-order valence-electron chi connectivity index (χ0n) is 3.53. The van der Waals surface area contributed by atoms with Gasteiger partial charge in [-0.1, -0.05) is 6.58 Å². The molecule has 0 N–H and O–H groups in total. The maximum Gasteiger partial charge on any atom is 0.339 e. The Balaban J connectivity index is 3.55. The fourth-order valence-corrected chi connectivity index (χ4v) is 0.0927. The molecule has 0 saturated carbocycles.